The Balaban J connectivity index is 2.09. The highest BCUT2D eigenvalue weighted by Gasteiger charge is 2.24. The summed E-state index contributed by atoms with van der Waals surface area (Å²) < 4.78 is 0. The van der Waals surface area contributed by atoms with Gasteiger partial charge in [-0.15, -0.1) is 0 Å². The summed E-state index contributed by atoms with van der Waals surface area (Å²) in [6.07, 6.45) is 2.55. The number of pyridine rings is 1. The van der Waals surface area contributed by atoms with E-state index in [0.29, 0.717) is 5.52 Å². The molecule has 0 radical (unpaired) electrons. The third kappa shape index (κ3) is 2.08. The van der Waals surface area contributed by atoms with Gasteiger partial charge in [-0.25, -0.2) is 4.98 Å². The number of benzene rings is 1. The van der Waals surface area contributed by atoms with Gasteiger partial charge in [-0.05, 0) is 12.5 Å². The molecule has 0 amide bonds. The molecule has 2 aromatic rings. The van der Waals surface area contributed by atoms with Crippen molar-refractivity contribution in [1.29, 1.82) is 0 Å². The molecule has 104 valence electrons. The van der Waals surface area contributed by atoms with Gasteiger partial charge in [0.2, 0.25) is 0 Å². The summed E-state index contributed by atoms with van der Waals surface area (Å²) >= 11 is 0. The van der Waals surface area contributed by atoms with Crippen molar-refractivity contribution in [3.05, 3.63) is 40.6 Å². The Morgan fingerprint density at radius 1 is 1.45 bits per heavy atom. The molecule has 1 aliphatic heterocycles. The molecule has 2 heterocycles. The number of aromatic nitrogens is 1. The zero-order chi connectivity index (χ0) is 14.1. The SMILES string of the molecule is O=[N+]([O-])c1cccc2c(N3CCC(CO)C3)ccnc12. The van der Waals surface area contributed by atoms with Crippen LogP contribution in [0.2, 0.25) is 0 Å². The van der Waals surface area contributed by atoms with E-state index in [1.54, 1.807) is 12.3 Å². The third-order valence-electron chi connectivity index (χ3n) is 3.81. The first-order valence-electron chi connectivity index (χ1n) is 6.58. The Hall–Kier alpha value is -2.21. The highest BCUT2D eigenvalue weighted by Crippen LogP contribution is 2.33. The Morgan fingerprint density at radius 2 is 2.30 bits per heavy atom. The summed E-state index contributed by atoms with van der Waals surface area (Å²) in [7, 11) is 0. The Labute approximate surface area is 115 Å². The van der Waals surface area contributed by atoms with Gasteiger partial charge in [0.15, 0.2) is 0 Å². The number of aliphatic hydroxyl groups is 1. The molecule has 1 unspecified atom stereocenters. The predicted octanol–water partition coefficient (Wildman–Crippen LogP) is 1.96. The second kappa shape index (κ2) is 5.05. The van der Waals surface area contributed by atoms with Crippen LogP contribution in [0.4, 0.5) is 11.4 Å². The highest BCUT2D eigenvalue weighted by molar-refractivity contribution is 5.96. The number of rotatable bonds is 3. The molecule has 0 aliphatic carbocycles. The first-order valence-corrected chi connectivity index (χ1v) is 6.58. The van der Waals surface area contributed by atoms with Crippen molar-refractivity contribution >= 4 is 22.3 Å². The fourth-order valence-electron chi connectivity index (χ4n) is 2.77. The van der Waals surface area contributed by atoms with Crippen LogP contribution < -0.4 is 4.90 Å². The van der Waals surface area contributed by atoms with Gasteiger partial charge in [0.05, 0.1) is 4.92 Å². The predicted molar refractivity (Wildman–Crippen MR) is 75.8 cm³/mol. The maximum absolute atomic E-state index is 11.1. The van der Waals surface area contributed by atoms with E-state index in [1.807, 2.05) is 12.1 Å². The number of anilines is 1. The van der Waals surface area contributed by atoms with Gasteiger partial charge in [0.1, 0.15) is 5.52 Å². The Kier molecular flexibility index (Phi) is 3.23. The van der Waals surface area contributed by atoms with Crippen molar-refractivity contribution < 1.29 is 10.0 Å². The summed E-state index contributed by atoms with van der Waals surface area (Å²) in [6.45, 7) is 1.81. The Bertz CT molecular complexity index is 659. The molecule has 0 bridgehead atoms. The molecule has 6 nitrogen and oxygen atoms in total. The topological polar surface area (TPSA) is 79.5 Å². The van der Waals surface area contributed by atoms with Gasteiger partial charge in [-0.2, -0.15) is 0 Å². The lowest BCUT2D eigenvalue weighted by molar-refractivity contribution is -0.383. The van der Waals surface area contributed by atoms with E-state index in [-0.39, 0.29) is 18.2 Å². The van der Waals surface area contributed by atoms with Gasteiger partial charge >= 0.3 is 0 Å². The average molecular weight is 273 g/mol. The highest BCUT2D eigenvalue weighted by atomic mass is 16.6. The first kappa shape index (κ1) is 12.8. The van der Waals surface area contributed by atoms with Crippen LogP contribution in [0.15, 0.2) is 30.5 Å². The molecule has 1 saturated heterocycles. The Morgan fingerprint density at radius 3 is 3.00 bits per heavy atom. The second-order valence-corrected chi connectivity index (χ2v) is 5.04. The summed E-state index contributed by atoms with van der Waals surface area (Å²) in [4.78, 5) is 17.0. The standard InChI is InChI=1S/C14H15N3O3/c18-9-10-5-7-16(8-10)12-4-6-15-14-11(12)2-1-3-13(14)17(19)20/h1-4,6,10,18H,5,7-9H2. The summed E-state index contributed by atoms with van der Waals surface area (Å²) in [5.41, 5.74) is 1.40. The van der Waals surface area contributed by atoms with Crippen molar-refractivity contribution in [2.45, 2.75) is 6.42 Å². The molecule has 1 N–H and O–H groups in total. The molecule has 1 aromatic heterocycles. The van der Waals surface area contributed by atoms with E-state index in [4.69, 9.17) is 0 Å². The van der Waals surface area contributed by atoms with Crippen LogP contribution in [-0.2, 0) is 0 Å². The lowest BCUT2D eigenvalue weighted by Gasteiger charge is -2.20. The van der Waals surface area contributed by atoms with Crippen molar-refractivity contribution in [1.82, 2.24) is 4.98 Å². The molecular weight excluding hydrogens is 258 g/mol. The van der Waals surface area contributed by atoms with Crippen LogP contribution in [0.3, 0.4) is 0 Å². The number of hydrogen-bond acceptors (Lipinski definition) is 5. The molecule has 0 saturated carbocycles. The molecule has 1 aromatic carbocycles. The largest absolute Gasteiger partial charge is 0.396 e. The molecule has 1 aliphatic rings. The van der Waals surface area contributed by atoms with E-state index in [0.717, 1.165) is 30.6 Å². The molecule has 6 heteroatoms. The lowest BCUT2D eigenvalue weighted by Crippen LogP contribution is -2.20. The van der Waals surface area contributed by atoms with Gasteiger partial charge in [-0.1, -0.05) is 12.1 Å². The number of para-hydroxylation sites is 1. The minimum Gasteiger partial charge on any atom is -0.396 e. The maximum Gasteiger partial charge on any atom is 0.295 e. The minimum atomic E-state index is -0.403. The van der Waals surface area contributed by atoms with Crippen molar-refractivity contribution in [2.75, 3.05) is 24.6 Å². The van der Waals surface area contributed by atoms with Crippen molar-refractivity contribution in [2.24, 2.45) is 5.92 Å². The molecule has 0 spiro atoms. The summed E-state index contributed by atoms with van der Waals surface area (Å²) in [6, 6.07) is 6.90. The number of fused-ring (bicyclic) bond motifs is 1. The van der Waals surface area contributed by atoms with E-state index < -0.39 is 4.92 Å². The fraction of sp³-hybridized carbons (Fsp3) is 0.357. The quantitative estimate of drug-likeness (QED) is 0.683. The zero-order valence-corrected chi connectivity index (χ0v) is 10.9. The summed E-state index contributed by atoms with van der Waals surface area (Å²) in [5, 5.41) is 21.1. The molecule has 3 rings (SSSR count). The normalized spacial score (nSPS) is 18.6. The number of nitro groups is 1. The van der Waals surface area contributed by atoms with Crippen LogP contribution >= 0.6 is 0 Å². The maximum atomic E-state index is 11.1. The monoisotopic (exact) mass is 273 g/mol. The van der Waals surface area contributed by atoms with E-state index >= 15 is 0 Å². The van der Waals surface area contributed by atoms with Gasteiger partial charge in [0, 0.05) is 49.0 Å². The van der Waals surface area contributed by atoms with Gasteiger partial charge in [-0.3, -0.25) is 10.1 Å². The van der Waals surface area contributed by atoms with Crippen LogP contribution in [0.1, 0.15) is 6.42 Å². The van der Waals surface area contributed by atoms with Crippen LogP contribution in [-0.4, -0.2) is 34.7 Å². The number of nitrogens with zero attached hydrogens (tertiary/aromatic N) is 3. The van der Waals surface area contributed by atoms with Crippen LogP contribution in [0.5, 0.6) is 0 Å². The molecular formula is C14H15N3O3. The molecule has 1 atom stereocenters. The van der Waals surface area contributed by atoms with E-state index in [1.165, 1.54) is 6.07 Å². The van der Waals surface area contributed by atoms with Crippen LogP contribution in [0, 0.1) is 16.0 Å². The lowest BCUT2D eigenvalue weighted by atomic mass is 10.1. The third-order valence-corrected chi connectivity index (χ3v) is 3.81. The van der Waals surface area contributed by atoms with E-state index in [2.05, 4.69) is 9.88 Å². The average Bonchev–Trinajstić information content (AvgIpc) is 2.94. The minimum absolute atomic E-state index is 0.0299. The summed E-state index contributed by atoms with van der Waals surface area (Å²) in [5.74, 6) is 0.275. The van der Waals surface area contributed by atoms with Gasteiger partial charge in [0.25, 0.3) is 5.69 Å². The van der Waals surface area contributed by atoms with Crippen LogP contribution in [0.25, 0.3) is 10.9 Å². The number of nitro benzene ring substituents is 1. The molecule has 20 heavy (non-hydrogen) atoms. The van der Waals surface area contributed by atoms with Crippen molar-refractivity contribution in [3.63, 3.8) is 0 Å². The zero-order valence-electron chi connectivity index (χ0n) is 10.9. The smallest absolute Gasteiger partial charge is 0.295 e. The van der Waals surface area contributed by atoms with Gasteiger partial charge < -0.3 is 10.0 Å². The number of hydrogen-bond donors (Lipinski definition) is 1. The first-order chi connectivity index (χ1) is 9.70. The fourth-order valence-corrected chi connectivity index (χ4v) is 2.77. The number of non-ortho nitro benzene ring substituents is 1. The van der Waals surface area contributed by atoms with Crippen molar-refractivity contribution in [3.8, 4) is 0 Å². The van der Waals surface area contributed by atoms with E-state index in [9.17, 15) is 15.2 Å². The number of aliphatic hydroxyl groups excluding tert-OH is 1. The molecule has 1 fully saturated rings. The second-order valence-electron chi connectivity index (χ2n) is 5.04.